The van der Waals surface area contributed by atoms with Crippen LogP contribution in [0.25, 0.3) is 6.08 Å². The van der Waals surface area contributed by atoms with Crippen molar-refractivity contribution in [3.8, 4) is 11.5 Å². The molecule has 2 N–H and O–H groups in total. The van der Waals surface area contributed by atoms with Gasteiger partial charge in [-0.2, -0.15) is 0 Å². The second-order valence-corrected chi connectivity index (χ2v) is 9.29. The summed E-state index contributed by atoms with van der Waals surface area (Å²) in [6.45, 7) is 2.18. The van der Waals surface area contributed by atoms with Crippen molar-refractivity contribution in [3.05, 3.63) is 97.4 Å². The van der Waals surface area contributed by atoms with Crippen LogP contribution in [0.3, 0.4) is 0 Å². The van der Waals surface area contributed by atoms with Crippen molar-refractivity contribution in [1.82, 2.24) is 5.32 Å². The molecule has 1 unspecified atom stereocenters. The Morgan fingerprint density at radius 1 is 1.14 bits per heavy atom. The van der Waals surface area contributed by atoms with Gasteiger partial charge in [0, 0.05) is 22.8 Å². The lowest BCUT2D eigenvalue weighted by molar-refractivity contribution is -0.384. The number of nitro benzene ring substituents is 1. The highest BCUT2D eigenvalue weighted by molar-refractivity contribution is 8.05. The SMILES string of the molecule is COc1cc(/C=C2\SC(Nc3ccc(Cl)cc3C)NC2=O)ccc1OCc1ccc([N+](=O)[O-])cc1. The molecule has 0 radical (unpaired) electrons. The Morgan fingerprint density at radius 2 is 1.91 bits per heavy atom. The van der Waals surface area contributed by atoms with Crippen LogP contribution in [-0.4, -0.2) is 23.4 Å². The molecule has 1 atom stereocenters. The average Bonchev–Trinajstić information content (AvgIpc) is 3.18. The summed E-state index contributed by atoms with van der Waals surface area (Å²) in [5.41, 5.74) is 3.17. The number of anilines is 1. The molecule has 1 aliphatic rings. The number of rotatable bonds is 8. The van der Waals surface area contributed by atoms with E-state index in [1.807, 2.05) is 25.1 Å². The minimum Gasteiger partial charge on any atom is -0.493 e. The summed E-state index contributed by atoms with van der Waals surface area (Å²) in [4.78, 5) is 23.4. The van der Waals surface area contributed by atoms with Crippen molar-refractivity contribution in [3.63, 3.8) is 0 Å². The summed E-state index contributed by atoms with van der Waals surface area (Å²) in [5, 5.41) is 17.7. The summed E-state index contributed by atoms with van der Waals surface area (Å²) < 4.78 is 11.3. The first-order valence-electron chi connectivity index (χ1n) is 10.6. The van der Waals surface area contributed by atoms with Gasteiger partial charge in [0.2, 0.25) is 0 Å². The number of methoxy groups -OCH3 is 1. The molecule has 0 bridgehead atoms. The van der Waals surface area contributed by atoms with Crippen LogP contribution in [0, 0.1) is 17.0 Å². The van der Waals surface area contributed by atoms with Gasteiger partial charge in [0.05, 0.1) is 16.9 Å². The number of nitrogens with one attached hydrogen (secondary N) is 2. The predicted octanol–water partition coefficient (Wildman–Crippen LogP) is 5.74. The number of halogens is 1. The van der Waals surface area contributed by atoms with E-state index in [4.69, 9.17) is 21.1 Å². The molecule has 4 rings (SSSR count). The molecule has 0 spiro atoms. The number of hydrogen-bond acceptors (Lipinski definition) is 7. The van der Waals surface area contributed by atoms with E-state index < -0.39 is 4.92 Å². The molecule has 180 valence electrons. The Balaban J connectivity index is 1.42. The molecule has 0 saturated carbocycles. The maximum absolute atomic E-state index is 12.5. The van der Waals surface area contributed by atoms with E-state index >= 15 is 0 Å². The highest BCUT2D eigenvalue weighted by Gasteiger charge is 2.27. The van der Waals surface area contributed by atoms with Crippen LogP contribution in [0.15, 0.2) is 65.6 Å². The predicted molar refractivity (Wildman–Crippen MR) is 138 cm³/mol. The minimum atomic E-state index is -0.444. The Hall–Kier alpha value is -3.69. The molecule has 1 saturated heterocycles. The zero-order valence-corrected chi connectivity index (χ0v) is 20.5. The number of nitrogens with zero attached hydrogens (tertiary/aromatic N) is 1. The number of carbonyl (C=O) groups excluding carboxylic acids is 1. The molecule has 3 aromatic rings. The fourth-order valence-electron chi connectivity index (χ4n) is 3.42. The zero-order valence-electron chi connectivity index (χ0n) is 18.9. The van der Waals surface area contributed by atoms with E-state index in [0.29, 0.717) is 21.4 Å². The molecule has 0 aromatic heterocycles. The van der Waals surface area contributed by atoms with Crippen LogP contribution in [0.2, 0.25) is 5.02 Å². The van der Waals surface area contributed by atoms with Crippen molar-refractivity contribution >= 4 is 46.7 Å². The van der Waals surface area contributed by atoms with Crippen LogP contribution in [0.5, 0.6) is 11.5 Å². The Bertz CT molecular complexity index is 1300. The summed E-state index contributed by atoms with van der Waals surface area (Å²) in [6, 6.07) is 17.1. The van der Waals surface area contributed by atoms with Crippen LogP contribution in [-0.2, 0) is 11.4 Å². The van der Waals surface area contributed by atoms with E-state index in [0.717, 1.165) is 22.4 Å². The molecule has 8 nitrogen and oxygen atoms in total. The lowest BCUT2D eigenvalue weighted by Gasteiger charge is -2.15. The number of benzene rings is 3. The third-order valence-corrected chi connectivity index (χ3v) is 6.50. The summed E-state index contributed by atoms with van der Waals surface area (Å²) in [5.74, 6) is 0.863. The molecule has 1 fully saturated rings. The molecule has 35 heavy (non-hydrogen) atoms. The van der Waals surface area contributed by atoms with Gasteiger partial charge in [-0.1, -0.05) is 29.4 Å². The molecule has 1 aliphatic heterocycles. The van der Waals surface area contributed by atoms with Crippen molar-refractivity contribution in [2.75, 3.05) is 12.4 Å². The first-order chi connectivity index (χ1) is 16.8. The van der Waals surface area contributed by atoms with E-state index in [2.05, 4.69) is 10.6 Å². The van der Waals surface area contributed by atoms with Crippen molar-refractivity contribution < 1.29 is 19.2 Å². The van der Waals surface area contributed by atoms with Crippen LogP contribution in [0.4, 0.5) is 11.4 Å². The number of thioether (sulfide) groups is 1. The molecule has 3 aromatic carbocycles. The second-order valence-electron chi connectivity index (χ2n) is 7.71. The maximum Gasteiger partial charge on any atom is 0.269 e. The Labute approximate surface area is 211 Å². The van der Waals surface area contributed by atoms with Gasteiger partial charge in [-0.15, -0.1) is 0 Å². The van der Waals surface area contributed by atoms with Gasteiger partial charge in [-0.3, -0.25) is 14.9 Å². The second kappa shape index (κ2) is 10.7. The molecule has 0 aliphatic carbocycles. The number of aryl methyl sites for hydroxylation is 1. The number of non-ortho nitro benzene ring substituents is 1. The molecule has 1 heterocycles. The number of amides is 1. The van der Waals surface area contributed by atoms with E-state index in [1.54, 1.807) is 36.4 Å². The van der Waals surface area contributed by atoms with Gasteiger partial charge < -0.3 is 20.1 Å². The van der Waals surface area contributed by atoms with Gasteiger partial charge in [0.15, 0.2) is 17.0 Å². The lowest BCUT2D eigenvalue weighted by Crippen LogP contribution is -2.31. The fraction of sp³-hybridized carbons (Fsp3) is 0.160. The normalized spacial score (nSPS) is 16.1. The topological polar surface area (TPSA) is 103 Å². The summed E-state index contributed by atoms with van der Waals surface area (Å²) >= 11 is 7.41. The molecular formula is C25H22ClN3O5S. The van der Waals surface area contributed by atoms with E-state index in [1.165, 1.54) is 31.0 Å². The number of nitro groups is 1. The van der Waals surface area contributed by atoms with Crippen LogP contribution < -0.4 is 20.1 Å². The standard InChI is InChI=1S/C25H22ClN3O5S/c1-15-11-18(26)6-9-20(15)27-25-28-24(30)23(35-25)13-17-5-10-21(22(12-17)33-2)34-14-16-3-7-19(8-4-16)29(31)32/h3-13,25,27H,14H2,1-2H3,(H,28,30)/b23-13-. The quantitative estimate of drug-likeness (QED) is 0.226. The van der Waals surface area contributed by atoms with Gasteiger partial charge in [-0.25, -0.2) is 0 Å². The minimum absolute atomic E-state index is 0.0262. The van der Waals surface area contributed by atoms with E-state index in [9.17, 15) is 14.9 Å². The van der Waals surface area contributed by atoms with E-state index in [-0.39, 0.29) is 23.7 Å². The van der Waals surface area contributed by atoms with Gasteiger partial charge >= 0.3 is 0 Å². The smallest absolute Gasteiger partial charge is 0.269 e. The van der Waals surface area contributed by atoms with Gasteiger partial charge in [0.25, 0.3) is 11.6 Å². The third kappa shape index (κ3) is 6.06. The first kappa shape index (κ1) is 24.4. The van der Waals surface area contributed by atoms with Crippen molar-refractivity contribution in [2.45, 2.75) is 19.0 Å². The first-order valence-corrected chi connectivity index (χ1v) is 11.8. The maximum atomic E-state index is 12.5. The molecule has 10 heteroatoms. The highest BCUT2D eigenvalue weighted by Crippen LogP contribution is 2.34. The fourth-order valence-corrected chi connectivity index (χ4v) is 4.62. The van der Waals surface area contributed by atoms with Crippen LogP contribution in [0.1, 0.15) is 16.7 Å². The number of ether oxygens (including phenoxy) is 2. The molecule has 1 amide bonds. The largest absolute Gasteiger partial charge is 0.493 e. The third-order valence-electron chi connectivity index (χ3n) is 5.23. The average molecular weight is 512 g/mol. The Morgan fingerprint density at radius 3 is 2.60 bits per heavy atom. The van der Waals surface area contributed by atoms with Gasteiger partial charge in [-0.05, 0) is 72.2 Å². The molecular weight excluding hydrogens is 490 g/mol. The van der Waals surface area contributed by atoms with Crippen molar-refractivity contribution in [1.29, 1.82) is 0 Å². The number of carbonyl (C=O) groups is 1. The monoisotopic (exact) mass is 511 g/mol. The van der Waals surface area contributed by atoms with Crippen LogP contribution >= 0.6 is 23.4 Å². The lowest BCUT2D eigenvalue weighted by atomic mass is 10.2. The Kier molecular flexibility index (Phi) is 7.48. The highest BCUT2D eigenvalue weighted by atomic mass is 35.5. The van der Waals surface area contributed by atoms with Gasteiger partial charge in [0.1, 0.15) is 6.61 Å². The zero-order chi connectivity index (χ0) is 24.9. The van der Waals surface area contributed by atoms with Crippen molar-refractivity contribution in [2.24, 2.45) is 0 Å². The summed E-state index contributed by atoms with van der Waals surface area (Å²) in [6.07, 6.45) is 1.79. The summed E-state index contributed by atoms with van der Waals surface area (Å²) in [7, 11) is 1.54. The number of hydrogen-bond donors (Lipinski definition) is 2.